The fourth-order valence-electron chi connectivity index (χ4n) is 1.76. The molecule has 0 spiro atoms. The van der Waals surface area contributed by atoms with Crippen molar-refractivity contribution in [1.29, 1.82) is 0 Å². The van der Waals surface area contributed by atoms with Crippen LogP contribution in [0.4, 0.5) is 0 Å². The molecule has 0 aliphatic carbocycles. The standard InChI is InChI=1S/C16H24O6S/c1-4-21-16(17)10-12-20-11-9-14(3)22-23(18,19)15-7-5-13(2)6-8-15/h5-8,14H,4,9-12H2,1-3H3. The Morgan fingerprint density at radius 2 is 1.83 bits per heavy atom. The number of hydrogen-bond acceptors (Lipinski definition) is 6. The molecular weight excluding hydrogens is 320 g/mol. The largest absolute Gasteiger partial charge is 0.466 e. The van der Waals surface area contributed by atoms with Gasteiger partial charge < -0.3 is 9.47 Å². The van der Waals surface area contributed by atoms with Crippen LogP contribution in [0.2, 0.25) is 0 Å². The van der Waals surface area contributed by atoms with E-state index in [0.717, 1.165) is 5.56 Å². The number of rotatable bonds is 10. The first-order valence-electron chi connectivity index (χ1n) is 7.58. The molecule has 0 saturated carbocycles. The van der Waals surface area contributed by atoms with Gasteiger partial charge in [0, 0.05) is 6.61 Å². The fraction of sp³-hybridized carbons (Fsp3) is 0.562. The lowest BCUT2D eigenvalue weighted by atomic mass is 10.2. The van der Waals surface area contributed by atoms with E-state index in [9.17, 15) is 13.2 Å². The average Bonchev–Trinajstić information content (AvgIpc) is 2.47. The summed E-state index contributed by atoms with van der Waals surface area (Å²) in [5.41, 5.74) is 0.979. The molecule has 23 heavy (non-hydrogen) atoms. The van der Waals surface area contributed by atoms with E-state index in [-0.39, 0.29) is 23.9 Å². The molecule has 0 bridgehead atoms. The van der Waals surface area contributed by atoms with Crippen LogP contribution in [0.25, 0.3) is 0 Å². The number of esters is 1. The number of benzene rings is 1. The fourth-order valence-corrected chi connectivity index (χ4v) is 2.87. The van der Waals surface area contributed by atoms with Crippen LogP contribution >= 0.6 is 0 Å². The molecule has 0 aliphatic heterocycles. The maximum atomic E-state index is 12.1. The van der Waals surface area contributed by atoms with E-state index < -0.39 is 16.2 Å². The van der Waals surface area contributed by atoms with Gasteiger partial charge in [0.1, 0.15) is 0 Å². The predicted octanol–water partition coefficient (Wildman–Crippen LogP) is 2.45. The summed E-state index contributed by atoms with van der Waals surface area (Å²) in [6.07, 6.45) is 0.0856. The van der Waals surface area contributed by atoms with Crippen molar-refractivity contribution in [1.82, 2.24) is 0 Å². The Morgan fingerprint density at radius 1 is 1.17 bits per heavy atom. The number of aryl methyl sites for hydroxylation is 1. The highest BCUT2D eigenvalue weighted by molar-refractivity contribution is 7.86. The Kier molecular flexibility index (Phi) is 8.22. The van der Waals surface area contributed by atoms with Crippen molar-refractivity contribution in [2.45, 2.75) is 44.6 Å². The molecule has 130 valence electrons. The zero-order chi connectivity index (χ0) is 17.3. The summed E-state index contributed by atoms with van der Waals surface area (Å²) in [5.74, 6) is -0.307. The molecule has 0 radical (unpaired) electrons. The van der Waals surface area contributed by atoms with Crippen LogP contribution in [-0.4, -0.2) is 40.3 Å². The smallest absolute Gasteiger partial charge is 0.308 e. The zero-order valence-electron chi connectivity index (χ0n) is 13.8. The van der Waals surface area contributed by atoms with Crippen LogP contribution in [-0.2, 0) is 28.6 Å². The summed E-state index contributed by atoms with van der Waals surface area (Å²) in [5, 5.41) is 0. The maximum Gasteiger partial charge on any atom is 0.308 e. The van der Waals surface area contributed by atoms with E-state index in [2.05, 4.69) is 0 Å². The first-order chi connectivity index (χ1) is 10.8. The summed E-state index contributed by atoms with van der Waals surface area (Å²) in [4.78, 5) is 11.2. The van der Waals surface area contributed by atoms with Gasteiger partial charge in [-0.3, -0.25) is 8.98 Å². The molecule has 1 atom stereocenters. The van der Waals surface area contributed by atoms with E-state index in [1.165, 1.54) is 12.1 Å². The predicted molar refractivity (Wildman–Crippen MR) is 85.6 cm³/mol. The molecule has 1 aromatic rings. The Morgan fingerprint density at radius 3 is 2.43 bits per heavy atom. The normalized spacial score (nSPS) is 12.8. The Balaban J connectivity index is 2.31. The van der Waals surface area contributed by atoms with Gasteiger partial charge in [-0.05, 0) is 39.3 Å². The first-order valence-corrected chi connectivity index (χ1v) is 8.99. The third-order valence-electron chi connectivity index (χ3n) is 3.03. The molecule has 6 nitrogen and oxygen atoms in total. The van der Waals surface area contributed by atoms with Gasteiger partial charge in [0.05, 0.1) is 30.6 Å². The van der Waals surface area contributed by atoms with Crippen LogP contribution in [0.1, 0.15) is 32.3 Å². The van der Waals surface area contributed by atoms with Gasteiger partial charge in [-0.1, -0.05) is 17.7 Å². The van der Waals surface area contributed by atoms with Crippen LogP contribution in [0.15, 0.2) is 29.2 Å². The van der Waals surface area contributed by atoms with Crippen LogP contribution in [0.5, 0.6) is 0 Å². The third-order valence-corrected chi connectivity index (χ3v) is 4.46. The van der Waals surface area contributed by atoms with Crippen molar-refractivity contribution in [3.05, 3.63) is 29.8 Å². The van der Waals surface area contributed by atoms with E-state index in [0.29, 0.717) is 19.6 Å². The molecule has 0 aliphatic rings. The molecule has 0 heterocycles. The van der Waals surface area contributed by atoms with Gasteiger partial charge >= 0.3 is 5.97 Å². The van der Waals surface area contributed by atoms with E-state index in [1.54, 1.807) is 26.0 Å². The number of hydrogen-bond donors (Lipinski definition) is 0. The molecule has 1 aromatic carbocycles. The monoisotopic (exact) mass is 344 g/mol. The summed E-state index contributed by atoms with van der Waals surface area (Å²) in [6, 6.07) is 6.49. The lowest BCUT2D eigenvalue weighted by molar-refractivity contribution is -0.144. The quantitative estimate of drug-likeness (QED) is 0.368. The van der Waals surface area contributed by atoms with Gasteiger partial charge in [-0.2, -0.15) is 8.42 Å². The Labute approximate surface area is 137 Å². The molecule has 0 aromatic heterocycles. The van der Waals surface area contributed by atoms with Gasteiger partial charge in [0.2, 0.25) is 0 Å². The Hall–Kier alpha value is -1.44. The summed E-state index contributed by atoms with van der Waals surface area (Å²) in [6.45, 7) is 6.20. The molecule has 0 N–H and O–H groups in total. The van der Waals surface area contributed by atoms with Gasteiger partial charge in [0.15, 0.2) is 0 Å². The average molecular weight is 344 g/mol. The van der Waals surface area contributed by atoms with Crippen LogP contribution in [0.3, 0.4) is 0 Å². The van der Waals surface area contributed by atoms with Crippen molar-refractivity contribution < 1.29 is 26.9 Å². The van der Waals surface area contributed by atoms with Gasteiger partial charge in [-0.25, -0.2) is 0 Å². The maximum absolute atomic E-state index is 12.1. The highest BCUT2D eigenvalue weighted by Gasteiger charge is 2.18. The van der Waals surface area contributed by atoms with Gasteiger partial charge in [0.25, 0.3) is 10.1 Å². The van der Waals surface area contributed by atoms with Crippen LogP contribution in [0, 0.1) is 6.92 Å². The second kappa shape index (κ2) is 9.64. The highest BCUT2D eigenvalue weighted by Crippen LogP contribution is 2.16. The minimum absolute atomic E-state index is 0.137. The lowest BCUT2D eigenvalue weighted by Gasteiger charge is -2.13. The van der Waals surface area contributed by atoms with Crippen molar-refractivity contribution in [2.24, 2.45) is 0 Å². The molecule has 7 heteroatoms. The van der Waals surface area contributed by atoms with Crippen LogP contribution < -0.4 is 0 Å². The molecule has 0 amide bonds. The van der Waals surface area contributed by atoms with E-state index >= 15 is 0 Å². The number of carbonyl (C=O) groups is 1. The molecule has 1 rings (SSSR count). The minimum Gasteiger partial charge on any atom is -0.466 e. The molecular formula is C16H24O6S. The first kappa shape index (κ1) is 19.6. The second-order valence-corrected chi connectivity index (χ2v) is 6.70. The third kappa shape index (κ3) is 7.58. The van der Waals surface area contributed by atoms with Crippen molar-refractivity contribution in [3.8, 4) is 0 Å². The van der Waals surface area contributed by atoms with Crippen molar-refractivity contribution >= 4 is 16.1 Å². The van der Waals surface area contributed by atoms with E-state index in [1.807, 2.05) is 6.92 Å². The zero-order valence-corrected chi connectivity index (χ0v) is 14.6. The summed E-state index contributed by atoms with van der Waals surface area (Å²) in [7, 11) is -3.77. The minimum atomic E-state index is -3.77. The SMILES string of the molecule is CCOC(=O)CCOCCC(C)OS(=O)(=O)c1ccc(C)cc1. The number of ether oxygens (including phenoxy) is 2. The van der Waals surface area contributed by atoms with Crippen molar-refractivity contribution in [2.75, 3.05) is 19.8 Å². The topological polar surface area (TPSA) is 78.9 Å². The highest BCUT2D eigenvalue weighted by atomic mass is 32.2. The van der Waals surface area contributed by atoms with Gasteiger partial charge in [-0.15, -0.1) is 0 Å². The molecule has 1 unspecified atom stereocenters. The lowest BCUT2D eigenvalue weighted by Crippen LogP contribution is -2.18. The number of carbonyl (C=O) groups excluding carboxylic acids is 1. The van der Waals surface area contributed by atoms with E-state index in [4.69, 9.17) is 13.7 Å². The summed E-state index contributed by atoms with van der Waals surface area (Å²) < 4.78 is 39.3. The summed E-state index contributed by atoms with van der Waals surface area (Å²) >= 11 is 0. The second-order valence-electron chi connectivity index (χ2n) is 5.13. The molecule has 0 saturated heterocycles. The van der Waals surface area contributed by atoms with Crippen molar-refractivity contribution in [3.63, 3.8) is 0 Å². The Bertz CT molecular complexity index is 579. The molecule has 0 fully saturated rings.